The Balaban J connectivity index is 2.97. The molecule has 0 saturated heterocycles. The fraction of sp³-hybridized carbons (Fsp3) is 1.00. The minimum atomic E-state index is -0.156. The zero-order valence-electron chi connectivity index (χ0n) is 6.68. The van der Waals surface area contributed by atoms with Gasteiger partial charge in [0.25, 0.3) is 0 Å². The highest BCUT2D eigenvalue weighted by molar-refractivity contribution is 4.47. The summed E-state index contributed by atoms with van der Waals surface area (Å²) in [4.78, 5) is 0. The van der Waals surface area contributed by atoms with Crippen molar-refractivity contribution in [1.82, 2.24) is 0 Å². The lowest BCUT2D eigenvalue weighted by Gasteiger charge is -2.10. The first kappa shape index (κ1) is 9.88. The number of hydrogen-bond donors (Lipinski definition) is 2. The predicted octanol–water partition coefficient (Wildman–Crippen LogP) is 0.437. The van der Waals surface area contributed by atoms with Crippen molar-refractivity contribution in [2.45, 2.75) is 32.4 Å². The maximum atomic E-state index is 5.52. The summed E-state index contributed by atoms with van der Waals surface area (Å²) < 4.78 is 5.22. The fourth-order valence-corrected chi connectivity index (χ4v) is 0.627. The molecular formula is C7H18N2O. The number of rotatable bonds is 6. The van der Waals surface area contributed by atoms with E-state index < -0.39 is 0 Å². The van der Waals surface area contributed by atoms with E-state index in [0.29, 0.717) is 6.54 Å². The fourth-order valence-electron chi connectivity index (χ4n) is 0.627. The van der Waals surface area contributed by atoms with Crippen molar-refractivity contribution < 1.29 is 4.74 Å². The van der Waals surface area contributed by atoms with Crippen molar-refractivity contribution in [3.8, 4) is 0 Å². The van der Waals surface area contributed by atoms with Crippen LogP contribution in [0.1, 0.15) is 26.2 Å². The van der Waals surface area contributed by atoms with Crippen LogP contribution in [-0.4, -0.2) is 19.4 Å². The predicted molar refractivity (Wildman–Crippen MR) is 42.5 cm³/mol. The van der Waals surface area contributed by atoms with Crippen molar-refractivity contribution >= 4 is 0 Å². The second-order valence-electron chi connectivity index (χ2n) is 2.34. The molecule has 0 aromatic carbocycles. The Hall–Kier alpha value is -0.120. The maximum Gasteiger partial charge on any atom is 0.106 e. The largest absolute Gasteiger partial charge is 0.364 e. The first-order valence-corrected chi connectivity index (χ1v) is 3.88. The van der Waals surface area contributed by atoms with E-state index in [0.717, 1.165) is 25.9 Å². The van der Waals surface area contributed by atoms with Gasteiger partial charge in [-0.15, -0.1) is 0 Å². The zero-order chi connectivity index (χ0) is 7.82. The van der Waals surface area contributed by atoms with Crippen LogP contribution in [-0.2, 0) is 4.74 Å². The van der Waals surface area contributed by atoms with Gasteiger partial charge >= 0.3 is 0 Å². The van der Waals surface area contributed by atoms with Crippen molar-refractivity contribution in [2.24, 2.45) is 11.5 Å². The van der Waals surface area contributed by atoms with Gasteiger partial charge < -0.3 is 16.2 Å². The molecule has 10 heavy (non-hydrogen) atoms. The van der Waals surface area contributed by atoms with Crippen LogP contribution in [0.5, 0.6) is 0 Å². The Morgan fingerprint density at radius 3 is 2.70 bits per heavy atom. The molecule has 0 radical (unpaired) electrons. The van der Waals surface area contributed by atoms with Gasteiger partial charge in [0.2, 0.25) is 0 Å². The highest BCUT2D eigenvalue weighted by atomic mass is 16.5. The summed E-state index contributed by atoms with van der Waals surface area (Å²) in [6, 6.07) is 0. The molecule has 0 aromatic rings. The van der Waals surface area contributed by atoms with Gasteiger partial charge in [-0.05, 0) is 19.4 Å². The van der Waals surface area contributed by atoms with Gasteiger partial charge in [0.1, 0.15) is 6.23 Å². The molecule has 0 aliphatic heterocycles. The van der Waals surface area contributed by atoms with Crippen LogP contribution in [0.4, 0.5) is 0 Å². The number of nitrogens with two attached hydrogens (primary N) is 2. The van der Waals surface area contributed by atoms with E-state index in [-0.39, 0.29) is 6.23 Å². The minimum Gasteiger partial charge on any atom is -0.364 e. The highest BCUT2D eigenvalue weighted by Crippen LogP contribution is 1.92. The van der Waals surface area contributed by atoms with E-state index in [9.17, 15) is 0 Å². The van der Waals surface area contributed by atoms with Crippen LogP contribution in [0.25, 0.3) is 0 Å². The summed E-state index contributed by atoms with van der Waals surface area (Å²) in [7, 11) is 0. The molecule has 0 aromatic heterocycles. The van der Waals surface area contributed by atoms with Gasteiger partial charge in [-0.1, -0.05) is 13.3 Å². The number of unbranched alkanes of at least 4 members (excludes halogenated alkanes) is 1. The number of ether oxygens (including phenoxy) is 1. The van der Waals surface area contributed by atoms with Crippen LogP contribution < -0.4 is 11.5 Å². The van der Waals surface area contributed by atoms with E-state index in [4.69, 9.17) is 16.2 Å². The topological polar surface area (TPSA) is 61.3 Å². The molecule has 0 bridgehead atoms. The minimum absolute atomic E-state index is 0.156. The lowest BCUT2D eigenvalue weighted by molar-refractivity contribution is 0.0518. The van der Waals surface area contributed by atoms with E-state index in [2.05, 4.69) is 6.92 Å². The van der Waals surface area contributed by atoms with Gasteiger partial charge in [0.05, 0.1) is 0 Å². The van der Waals surface area contributed by atoms with Crippen LogP contribution in [0.3, 0.4) is 0 Å². The summed E-state index contributed by atoms with van der Waals surface area (Å²) in [6.45, 7) is 3.49. The van der Waals surface area contributed by atoms with E-state index in [1.54, 1.807) is 0 Å². The van der Waals surface area contributed by atoms with Crippen molar-refractivity contribution in [1.29, 1.82) is 0 Å². The van der Waals surface area contributed by atoms with E-state index in [1.165, 1.54) is 0 Å². The third-order valence-corrected chi connectivity index (χ3v) is 1.28. The molecule has 1 unspecified atom stereocenters. The van der Waals surface area contributed by atoms with E-state index in [1.807, 2.05) is 0 Å². The van der Waals surface area contributed by atoms with Gasteiger partial charge in [-0.3, -0.25) is 0 Å². The summed E-state index contributed by atoms with van der Waals surface area (Å²) >= 11 is 0. The van der Waals surface area contributed by atoms with Crippen LogP contribution in [0.15, 0.2) is 0 Å². The molecule has 62 valence electrons. The third-order valence-electron chi connectivity index (χ3n) is 1.28. The van der Waals surface area contributed by atoms with Crippen LogP contribution in [0.2, 0.25) is 0 Å². The second-order valence-corrected chi connectivity index (χ2v) is 2.34. The molecule has 4 N–H and O–H groups in total. The molecular weight excluding hydrogens is 128 g/mol. The molecule has 1 atom stereocenters. The first-order valence-electron chi connectivity index (χ1n) is 3.88. The second kappa shape index (κ2) is 6.99. The Bertz CT molecular complexity index is 68.6. The first-order chi connectivity index (χ1) is 4.81. The quantitative estimate of drug-likeness (QED) is 0.422. The maximum absolute atomic E-state index is 5.52. The molecule has 0 aliphatic rings. The Labute approximate surface area is 62.7 Å². The number of hydrogen-bond acceptors (Lipinski definition) is 3. The standard InChI is InChI=1S/C7H18N2O/c1-2-3-6-10-7(9)4-5-8/h7H,2-6,8-9H2,1H3. The lowest BCUT2D eigenvalue weighted by Crippen LogP contribution is -2.27. The average molecular weight is 146 g/mol. The lowest BCUT2D eigenvalue weighted by atomic mass is 10.3. The Morgan fingerprint density at radius 1 is 1.50 bits per heavy atom. The molecule has 0 saturated carbocycles. The smallest absolute Gasteiger partial charge is 0.106 e. The van der Waals surface area contributed by atoms with E-state index >= 15 is 0 Å². The molecule has 0 spiro atoms. The van der Waals surface area contributed by atoms with Crippen LogP contribution in [0, 0.1) is 0 Å². The van der Waals surface area contributed by atoms with Gasteiger partial charge in [-0.25, -0.2) is 0 Å². The normalized spacial score (nSPS) is 13.5. The monoisotopic (exact) mass is 146 g/mol. The Kier molecular flexibility index (Phi) is 6.91. The molecule has 0 fully saturated rings. The molecule has 0 aliphatic carbocycles. The third kappa shape index (κ3) is 6.01. The van der Waals surface area contributed by atoms with Crippen LogP contribution >= 0.6 is 0 Å². The summed E-state index contributed by atoms with van der Waals surface area (Å²) in [6.07, 6.45) is 2.83. The summed E-state index contributed by atoms with van der Waals surface area (Å²) in [5.74, 6) is 0. The Morgan fingerprint density at radius 2 is 2.20 bits per heavy atom. The average Bonchev–Trinajstić information content (AvgIpc) is 1.89. The molecule has 0 rings (SSSR count). The van der Waals surface area contributed by atoms with Crippen molar-refractivity contribution in [3.05, 3.63) is 0 Å². The highest BCUT2D eigenvalue weighted by Gasteiger charge is 1.98. The van der Waals surface area contributed by atoms with Crippen molar-refractivity contribution in [3.63, 3.8) is 0 Å². The van der Waals surface area contributed by atoms with Gasteiger partial charge in [0, 0.05) is 6.61 Å². The van der Waals surface area contributed by atoms with Gasteiger partial charge in [-0.2, -0.15) is 0 Å². The summed E-state index contributed by atoms with van der Waals surface area (Å²) in [5, 5.41) is 0. The molecule has 0 heterocycles. The molecule has 3 heteroatoms. The molecule has 0 amide bonds. The van der Waals surface area contributed by atoms with Gasteiger partial charge in [0.15, 0.2) is 0 Å². The SMILES string of the molecule is CCCCOC(N)CCN. The molecule has 3 nitrogen and oxygen atoms in total. The zero-order valence-corrected chi connectivity index (χ0v) is 6.68. The summed E-state index contributed by atoms with van der Waals surface area (Å²) in [5.41, 5.74) is 10.8. The van der Waals surface area contributed by atoms with Crippen molar-refractivity contribution in [2.75, 3.05) is 13.2 Å².